The summed E-state index contributed by atoms with van der Waals surface area (Å²) >= 11 is 5.39. The van der Waals surface area contributed by atoms with E-state index in [1.165, 1.54) is 19.2 Å². The number of hydrogen-bond acceptors (Lipinski definition) is 1. The van der Waals surface area contributed by atoms with Crippen LogP contribution in [0.4, 0.5) is 4.39 Å². The van der Waals surface area contributed by atoms with E-state index in [0.29, 0.717) is 11.3 Å². The molecule has 0 atom stereocenters. The Morgan fingerprint density at radius 3 is 2.92 bits per heavy atom. The monoisotopic (exact) mass is 198 g/mol. The largest absolute Gasteiger partial charge is 0.495 e. The second-order valence-electron chi connectivity index (χ2n) is 2.28. The first-order valence-electron chi connectivity index (χ1n) is 3.66. The van der Waals surface area contributed by atoms with Crippen LogP contribution in [0.15, 0.2) is 18.2 Å². The molecule has 0 aromatic heterocycles. The fourth-order valence-electron chi connectivity index (χ4n) is 0.897. The molecule has 0 N–H and O–H groups in total. The van der Waals surface area contributed by atoms with Crippen LogP contribution in [-0.2, 0) is 0 Å². The van der Waals surface area contributed by atoms with E-state index in [-0.39, 0.29) is 11.7 Å². The summed E-state index contributed by atoms with van der Waals surface area (Å²) in [6.07, 6.45) is 0. The number of hydrogen-bond donors (Lipinski definition) is 0. The zero-order chi connectivity index (χ0) is 9.68. The number of ether oxygens (including phenoxy) is 1. The van der Waals surface area contributed by atoms with E-state index in [9.17, 15) is 4.39 Å². The van der Waals surface area contributed by atoms with Crippen molar-refractivity contribution < 1.29 is 9.13 Å². The molecule has 13 heavy (non-hydrogen) atoms. The molecule has 0 unspecified atom stereocenters. The maximum Gasteiger partial charge on any atom is 0.137 e. The van der Waals surface area contributed by atoms with Crippen LogP contribution in [0.1, 0.15) is 5.56 Å². The highest BCUT2D eigenvalue weighted by Crippen LogP contribution is 2.17. The molecule has 0 spiro atoms. The van der Waals surface area contributed by atoms with Crippen molar-refractivity contribution in [2.24, 2.45) is 0 Å². The van der Waals surface area contributed by atoms with Gasteiger partial charge in [0.15, 0.2) is 0 Å². The van der Waals surface area contributed by atoms with Gasteiger partial charge in [-0.2, -0.15) is 0 Å². The van der Waals surface area contributed by atoms with E-state index in [2.05, 4.69) is 11.8 Å². The lowest BCUT2D eigenvalue weighted by Gasteiger charge is -2.01. The summed E-state index contributed by atoms with van der Waals surface area (Å²) < 4.78 is 17.6. The van der Waals surface area contributed by atoms with Crippen LogP contribution in [0.5, 0.6) is 5.75 Å². The highest BCUT2D eigenvalue weighted by atomic mass is 35.5. The van der Waals surface area contributed by atoms with Crippen molar-refractivity contribution in [2.75, 3.05) is 13.0 Å². The lowest BCUT2D eigenvalue weighted by Crippen LogP contribution is -1.88. The van der Waals surface area contributed by atoms with Gasteiger partial charge in [-0.1, -0.05) is 11.8 Å². The van der Waals surface area contributed by atoms with Crippen LogP contribution in [0, 0.1) is 17.7 Å². The lowest BCUT2D eigenvalue weighted by atomic mass is 10.2. The molecule has 0 aliphatic heterocycles. The van der Waals surface area contributed by atoms with Crippen molar-refractivity contribution in [1.29, 1.82) is 0 Å². The number of rotatable bonds is 1. The van der Waals surface area contributed by atoms with Gasteiger partial charge in [0.1, 0.15) is 11.6 Å². The molecule has 0 aliphatic rings. The van der Waals surface area contributed by atoms with Gasteiger partial charge in [0, 0.05) is 6.07 Å². The minimum absolute atomic E-state index is 0.251. The zero-order valence-electron chi connectivity index (χ0n) is 7.10. The van der Waals surface area contributed by atoms with Crippen molar-refractivity contribution in [3.63, 3.8) is 0 Å². The van der Waals surface area contributed by atoms with Crippen LogP contribution in [0.2, 0.25) is 0 Å². The molecule has 1 rings (SSSR count). The van der Waals surface area contributed by atoms with Gasteiger partial charge in [0.25, 0.3) is 0 Å². The van der Waals surface area contributed by atoms with Gasteiger partial charge in [0.05, 0.1) is 18.6 Å². The highest BCUT2D eigenvalue weighted by molar-refractivity contribution is 6.19. The van der Waals surface area contributed by atoms with Gasteiger partial charge in [-0.25, -0.2) is 4.39 Å². The second kappa shape index (κ2) is 4.74. The Labute approximate surface area is 81.5 Å². The third-order valence-electron chi connectivity index (χ3n) is 1.45. The van der Waals surface area contributed by atoms with Crippen LogP contribution >= 0.6 is 11.6 Å². The van der Waals surface area contributed by atoms with Crippen molar-refractivity contribution in [1.82, 2.24) is 0 Å². The predicted molar refractivity (Wildman–Crippen MR) is 50.6 cm³/mol. The number of halogens is 2. The van der Waals surface area contributed by atoms with Crippen LogP contribution < -0.4 is 4.74 Å². The Morgan fingerprint density at radius 2 is 2.31 bits per heavy atom. The maximum atomic E-state index is 12.7. The summed E-state index contributed by atoms with van der Waals surface area (Å²) in [5, 5.41) is 0. The first-order valence-corrected chi connectivity index (χ1v) is 4.19. The molecule has 0 fully saturated rings. The van der Waals surface area contributed by atoms with Crippen LogP contribution in [-0.4, -0.2) is 13.0 Å². The normalized spacial score (nSPS) is 8.85. The van der Waals surface area contributed by atoms with Gasteiger partial charge in [-0.05, 0) is 12.1 Å². The van der Waals surface area contributed by atoms with E-state index in [1.807, 2.05) is 0 Å². The molecule has 1 nitrogen and oxygen atoms in total. The molecule has 0 saturated heterocycles. The average molecular weight is 199 g/mol. The lowest BCUT2D eigenvalue weighted by molar-refractivity contribution is 0.410. The molecule has 1 aromatic rings. The Morgan fingerprint density at radius 1 is 1.54 bits per heavy atom. The van der Waals surface area contributed by atoms with Gasteiger partial charge < -0.3 is 4.74 Å². The summed E-state index contributed by atoms with van der Waals surface area (Å²) in [5.41, 5.74) is 0.643. The fourth-order valence-corrected chi connectivity index (χ4v) is 0.964. The van der Waals surface area contributed by atoms with Crippen molar-refractivity contribution in [2.45, 2.75) is 0 Å². The molecular weight excluding hydrogens is 191 g/mol. The van der Waals surface area contributed by atoms with Crippen LogP contribution in [0.3, 0.4) is 0 Å². The van der Waals surface area contributed by atoms with Gasteiger partial charge in [-0.3, -0.25) is 0 Å². The van der Waals surface area contributed by atoms with Gasteiger partial charge in [-0.15, -0.1) is 11.6 Å². The summed E-state index contributed by atoms with van der Waals surface area (Å²) in [5.74, 6) is 5.78. The second-order valence-corrected chi connectivity index (χ2v) is 2.55. The third kappa shape index (κ3) is 2.64. The number of benzene rings is 1. The topological polar surface area (TPSA) is 9.23 Å². The Balaban J connectivity index is 3.06. The SMILES string of the molecule is COc1cc(F)ccc1C#CCCl. The Kier molecular flexibility index (Phi) is 3.60. The smallest absolute Gasteiger partial charge is 0.137 e. The van der Waals surface area contributed by atoms with E-state index >= 15 is 0 Å². The van der Waals surface area contributed by atoms with E-state index < -0.39 is 0 Å². The summed E-state index contributed by atoms with van der Waals surface area (Å²) in [7, 11) is 1.47. The summed E-state index contributed by atoms with van der Waals surface area (Å²) in [6, 6.07) is 4.19. The standard InChI is InChI=1S/C10H8ClFO/c1-13-10-7-9(12)5-4-8(10)3-2-6-11/h4-5,7H,6H2,1H3. The minimum atomic E-state index is -0.340. The highest BCUT2D eigenvalue weighted by Gasteiger charge is 2.00. The molecule has 0 bridgehead atoms. The predicted octanol–water partition coefficient (Wildman–Crippen LogP) is 2.42. The fraction of sp³-hybridized carbons (Fsp3) is 0.200. The molecule has 0 radical (unpaired) electrons. The Bertz CT molecular complexity index is 352. The first kappa shape index (κ1) is 9.88. The molecule has 68 valence electrons. The minimum Gasteiger partial charge on any atom is -0.495 e. The van der Waals surface area contributed by atoms with E-state index in [0.717, 1.165) is 0 Å². The van der Waals surface area contributed by atoms with Crippen molar-refractivity contribution in [3.8, 4) is 17.6 Å². The van der Waals surface area contributed by atoms with Crippen molar-refractivity contribution in [3.05, 3.63) is 29.6 Å². The molecule has 0 amide bonds. The first-order chi connectivity index (χ1) is 6.27. The third-order valence-corrected chi connectivity index (χ3v) is 1.59. The molecule has 3 heteroatoms. The summed E-state index contributed by atoms with van der Waals surface area (Å²) in [6.45, 7) is 0. The van der Waals surface area contributed by atoms with Gasteiger partial charge >= 0.3 is 0 Å². The van der Waals surface area contributed by atoms with Crippen molar-refractivity contribution >= 4 is 11.6 Å². The maximum absolute atomic E-state index is 12.7. The van der Waals surface area contributed by atoms with E-state index in [1.54, 1.807) is 6.07 Å². The van der Waals surface area contributed by atoms with E-state index in [4.69, 9.17) is 16.3 Å². The molecule has 0 saturated carbocycles. The Hall–Kier alpha value is -1.20. The zero-order valence-corrected chi connectivity index (χ0v) is 7.86. The van der Waals surface area contributed by atoms with Crippen LogP contribution in [0.25, 0.3) is 0 Å². The quantitative estimate of drug-likeness (QED) is 0.498. The number of alkyl halides is 1. The molecular formula is C10H8ClFO. The molecule has 0 aliphatic carbocycles. The van der Waals surface area contributed by atoms with Gasteiger partial charge in [0.2, 0.25) is 0 Å². The molecule has 1 aromatic carbocycles. The number of methoxy groups -OCH3 is 1. The summed E-state index contributed by atoms with van der Waals surface area (Å²) in [4.78, 5) is 0. The average Bonchev–Trinajstić information content (AvgIpc) is 2.16. The molecule has 0 heterocycles.